The topological polar surface area (TPSA) is 91.3 Å². The Morgan fingerprint density at radius 3 is 1.78 bits per heavy atom. The fourth-order valence-electron chi connectivity index (χ4n) is 0.599. The molecule has 0 unspecified atom stereocenters. The van der Waals surface area contributed by atoms with Crippen LogP contribution >= 0.6 is 0 Å². The van der Waals surface area contributed by atoms with Gasteiger partial charge in [0.25, 0.3) is 0 Å². The number of benzene rings is 1. The first-order valence-corrected chi connectivity index (χ1v) is 4.97. The van der Waals surface area contributed by atoms with E-state index in [1.807, 2.05) is 36.4 Å². The summed E-state index contributed by atoms with van der Waals surface area (Å²) in [6, 6.07) is 12.0. The van der Waals surface area contributed by atoms with Crippen LogP contribution < -0.4 is 0 Å². The summed E-state index contributed by atoms with van der Waals surface area (Å²) in [5.74, 6) is 0. The van der Waals surface area contributed by atoms with E-state index in [0.29, 0.717) is 0 Å². The lowest BCUT2D eigenvalue weighted by atomic mass is 10.4. The maximum absolute atomic E-state index is 10.2. The Kier molecular flexibility index (Phi) is 8.88. The fraction of sp³-hybridized carbons (Fsp3) is 0.273. The fourth-order valence-corrected chi connectivity index (χ4v) is 0.599. The van der Waals surface area contributed by atoms with Crippen LogP contribution in [0.15, 0.2) is 36.4 Å². The average molecular weight is 258 g/mol. The van der Waals surface area contributed by atoms with E-state index in [1.54, 1.807) is 13.8 Å². The van der Waals surface area contributed by atoms with Crippen LogP contribution in [0.4, 0.5) is 9.59 Å². The SMILES string of the molecule is CC(C)OOOC(=O)OC(=O)O.c1ccccc1. The summed E-state index contributed by atoms with van der Waals surface area (Å²) >= 11 is 0. The molecule has 0 spiro atoms. The third-order valence-electron chi connectivity index (χ3n) is 1.17. The molecule has 0 aliphatic rings. The quantitative estimate of drug-likeness (QED) is 0.385. The molecule has 0 aromatic heterocycles. The molecule has 1 N–H and O–H groups in total. The summed E-state index contributed by atoms with van der Waals surface area (Å²) in [7, 11) is 0. The second kappa shape index (κ2) is 10.1. The minimum atomic E-state index is -1.78. The van der Waals surface area contributed by atoms with Gasteiger partial charge in [0, 0.05) is 0 Å². The Bertz CT molecular complexity index is 310. The van der Waals surface area contributed by atoms with E-state index in [9.17, 15) is 9.59 Å². The van der Waals surface area contributed by atoms with Crippen molar-refractivity contribution in [1.29, 1.82) is 0 Å². The van der Waals surface area contributed by atoms with Gasteiger partial charge in [0.05, 0.1) is 6.10 Å². The largest absolute Gasteiger partial charge is 0.553 e. The molecule has 0 atom stereocenters. The van der Waals surface area contributed by atoms with Crippen LogP contribution in [-0.4, -0.2) is 23.5 Å². The van der Waals surface area contributed by atoms with Crippen molar-refractivity contribution in [2.75, 3.05) is 0 Å². The number of ether oxygens (including phenoxy) is 1. The Morgan fingerprint density at radius 1 is 1.00 bits per heavy atom. The Balaban J connectivity index is 0.000000397. The van der Waals surface area contributed by atoms with Gasteiger partial charge in [-0.2, -0.15) is 9.68 Å². The highest BCUT2D eigenvalue weighted by atomic mass is 17.5. The summed E-state index contributed by atoms with van der Waals surface area (Å²) < 4.78 is 3.48. The Morgan fingerprint density at radius 2 is 1.44 bits per heavy atom. The Hall–Kier alpha value is -2.12. The molecule has 0 fully saturated rings. The molecule has 0 aliphatic heterocycles. The third-order valence-corrected chi connectivity index (χ3v) is 1.17. The summed E-state index contributed by atoms with van der Waals surface area (Å²) in [6.45, 7) is 3.23. The smallest absolute Gasteiger partial charge is 0.449 e. The lowest BCUT2D eigenvalue weighted by Crippen LogP contribution is -2.14. The van der Waals surface area contributed by atoms with Gasteiger partial charge < -0.3 is 9.84 Å². The minimum absolute atomic E-state index is 0.317. The number of hydrogen-bond acceptors (Lipinski definition) is 6. The van der Waals surface area contributed by atoms with Crippen molar-refractivity contribution in [3.05, 3.63) is 36.4 Å². The van der Waals surface area contributed by atoms with E-state index in [1.165, 1.54) is 0 Å². The van der Waals surface area contributed by atoms with Gasteiger partial charge in [-0.05, 0) is 18.9 Å². The standard InChI is InChI=1S/C6H6.C5H8O7/c1-2-4-6-5-3-1;1-3(2)10-12-11-5(8)9-4(6)7/h1-6H;3H,1-2H3,(H,6,7). The van der Waals surface area contributed by atoms with Crippen LogP contribution in [0, 0.1) is 0 Å². The van der Waals surface area contributed by atoms with Gasteiger partial charge in [0.15, 0.2) is 0 Å². The normalized spacial score (nSPS) is 9.06. The number of rotatable bonds is 3. The molecule has 1 rings (SSSR count). The zero-order valence-corrected chi connectivity index (χ0v) is 9.94. The maximum Gasteiger partial charge on any atom is 0.553 e. The van der Waals surface area contributed by atoms with E-state index >= 15 is 0 Å². The zero-order valence-electron chi connectivity index (χ0n) is 9.94. The van der Waals surface area contributed by atoms with Crippen molar-refractivity contribution in [1.82, 2.24) is 0 Å². The van der Waals surface area contributed by atoms with E-state index in [4.69, 9.17) is 5.11 Å². The van der Waals surface area contributed by atoms with Gasteiger partial charge in [-0.15, -0.1) is 0 Å². The third kappa shape index (κ3) is 12.0. The number of carbonyl (C=O) groups excluding carboxylic acids is 1. The van der Waals surface area contributed by atoms with Gasteiger partial charge in [-0.3, -0.25) is 0 Å². The first-order chi connectivity index (χ1) is 8.52. The molecule has 0 aliphatic carbocycles. The van der Waals surface area contributed by atoms with Crippen molar-refractivity contribution in [3.8, 4) is 0 Å². The van der Waals surface area contributed by atoms with Gasteiger partial charge in [-0.1, -0.05) is 36.4 Å². The maximum atomic E-state index is 10.2. The first-order valence-electron chi connectivity index (χ1n) is 4.97. The van der Waals surface area contributed by atoms with Gasteiger partial charge in [0.1, 0.15) is 0 Å². The highest BCUT2D eigenvalue weighted by Crippen LogP contribution is 1.92. The van der Waals surface area contributed by atoms with E-state index in [0.717, 1.165) is 0 Å². The number of hydrogen-bond donors (Lipinski definition) is 1. The molecule has 18 heavy (non-hydrogen) atoms. The molecule has 0 amide bonds. The molecule has 0 saturated heterocycles. The molecule has 7 nitrogen and oxygen atoms in total. The monoisotopic (exact) mass is 258 g/mol. The highest BCUT2D eigenvalue weighted by Gasteiger charge is 2.11. The molecular formula is C11H14O7. The predicted octanol–water partition coefficient (Wildman–Crippen LogP) is 2.78. The molecule has 100 valence electrons. The number of carboxylic acid groups (broad SMARTS) is 1. The van der Waals surface area contributed by atoms with Crippen LogP contribution in [0.25, 0.3) is 0 Å². The van der Waals surface area contributed by atoms with E-state index in [2.05, 4.69) is 19.6 Å². The van der Waals surface area contributed by atoms with Gasteiger partial charge in [-0.25, -0.2) is 9.68 Å². The van der Waals surface area contributed by atoms with Crippen molar-refractivity contribution in [3.63, 3.8) is 0 Å². The van der Waals surface area contributed by atoms with Crippen molar-refractivity contribution in [2.45, 2.75) is 20.0 Å². The molecule has 0 bridgehead atoms. The first kappa shape index (κ1) is 15.9. The zero-order chi connectivity index (χ0) is 13.8. The van der Waals surface area contributed by atoms with Crippen LogP contribution in [-0.2, 0) is 19.6 Å². The van der Waals surface area contributed by atoms with Crippen LogP contribution in [0.3, 0.4) is 0 Å². The molecule has 1 aromatic rings. The second-order valence-corrected chi connectivity index (χ2v) is 3.07. The van der Waals surface area contributed by atoms with Crippen molar-refractivity contribution in [2.24, 2.45) is 0 Å². The molecule has 0 saturated carbocycles. The molecular weight excluding hydrogens is 244 g/mol. The van der Waals surface area contributed by atoms with E-state index < -0.39 is 12.3 Å². The van der Waals surface area contributed by atoms with Crippen molar-refractivity contribution < 1.29 is 34.2 Å². The van der Waals surface area contributed by atoms with Crippen LogP contribution in [0.5, 0.6) is 0 Å². The van der Waals surface area contributed by atoms with Crippen LogP contribution in [0.2, 0.25) is 0 Å². The summed E-state index contributed by atoms with van der Waals surface area (Å²) in [4.78, 5) is 27.9. The summed E-state index contributed by atoms with van der Waals surface area (Å²) in [6.07, 6.45) is -3.61. The molecule has 7 heteroatoms. The van der Waals surface area contributed by atoms with Gasteiger partial charge in [0.2, 0.25) is 0 Å². The number of carbonyl (C=O) groups is 2. The lowest BCUT2D eigenvalue weighted by molar-refractivity contribution is -0.497. The lowest BCUT2D eigenvalue weighted by Gasteiger charge is -2.02. The van der Waals surface area contributed by atoms with E-state index in [-0.39, 0.29) is 6.10 Å². The molecule has 0 heterocycles. The highest BCUT2D eigenvalue weighted by molar-refractivity contribution is 5.75. The van der Waals surface area contributed by atoms with Crippen molar-refractivity contribution >= 4 is 12.3 Å². The summed E-state index contributed by atoms with van der Waals surface area (Å²) in [5.41, 5.74) is 0. The van der Waals surface area contributed by atoms with Gasteiger partial charge >= 0.3 is 12.3 Å². The second-order valence-electron chi connectivity index (χ2n) is 3.07. The summed E-state index contributed by atoms with van der Waals surface area (Å²) in [5, 5.41) is 11.7. The predicted molar refractivity (Wildman–Crippen MR) is 59.3 cm³/mol. The molecule has 1 aromatic carbocycles. The Labute approximate surface area is 104 Å². The average Bonchev–Trinajstić information content (AvgIpc) is 2.30. The molecule has 0 radical (unpaired) electrons. The minimum Gasteiger partial charge on any atom is -0.449 e. The van der Waals surface area contributed by atoms with Crippen LogP contribution in [0.1, 0.15) is 13.8 Å².